The highest BCUT2D eigenvalue weighted by Gasteiger charge is 2.08. The van der Waals surface area contributed by atoms with Crippen LogP contribution in [0.1, 0.15) is 12.8 Å². The minimum absolute atomic E-state index is 0.00374. The molecule has 0 spiro atoms. The lowest BCUT2D eigenvalue weighted by atomic mass is 10.2. The minimum atomic E-state index is -0.00374. The number of rotatable bonds is 8. The molecule has 0 unspecified atom stereocenters. The Kier molecular flexibility index (Phi) is 6.62. The Morgan fingerprint density at radius 1 is 1.19 bits per heavy atom. The lowest BCUT2D eigenvalue weighted by molar-refractivity contribution is -0.116. The first-order valence-electron chi connectivity index (χ1n) is 8.17. The highest BCUT2D eigenvalue weighted by atomic mass is 32.2. The van der Waals surface area contributed by atoms with Gasteiger partial charge in [0.15, 0.2) is 5.13 Å². The van der Waals surface area contributed by atoms with Gasteiger partial charge < -0.3 is 10.1 Å². The van der Waals surface area contributed by atoms with Crippen molar-refractivity contribution in [3.63, 3.8) is 0 Å². The van der Waals surface area contributed by atoms with E-state index in [1.54, 1.807) is 31.3 Å². The number of benzene rings is 1. The van der Waals surface area contributed by atoms with E-state index in [0.717, 1.165) is 29.2 Å². The fourth-order valence-electron chi connectivity index (χ4n) is 2.26. The lowest BCUT2D eigenvalue weighted by Gasteiger charge is -2.04. The average Bonchev–Trinajstić information content (AvgIpc) is 3.15. The van der Waals surface area contributed by atoms with E-state index in [1.165, 1.54) is 16.2 Å². The molecule has 2 aromatic heterocycles. The molecule has 0 bridgehead atoms. The Morgan fingerprint density at radius 2 is 1.96 bits per heavy atom. The maximum absolute atomic E-state index is 12.1. The molecule has 1 N–H and O–H groups in total. The molecule has 0 atom stereocenters. The Morgan fingerprint density at radius 3 is 2.69 bits per heavy atom. The van der Waals surface area contributed by atoms with Crippen molar-refractivity contribution in [3.05, 3.63) is 54.2 Å². The number of methoxy groups -OCH3 is 1. The number of nitrogens with one attached hydrogen (secondary N) is 1. The van der Waals surface area contributed by atoms with Gasteiger partial charge in [-0.3, -0.25) is 9.78 Å². The number of pyridine rings is 1. The molecule has 3 aromatic rings. The van der Waals surface area contributed by atoms with Crippen molar-refractivity contribution in [2.45, 2.75) is 17.7 Å². The number of anilines is 1. The molecule has 0 saturated carbocycles. The molecule has 0 radical (unpaired) electrons. The largest absolute Gasteiger partial charge is 0.497 e. The third-order valence-electron chi connectivity index (χ3n) is 3.60. The molecular formula is C19H19N3O2S2. The van der Waals surface area contributed by atoms with Gasteiger partial charge in [-0.1, -0.05) is 0 Å². The van der Waals surface area contributed by atoms with Crippen LogP contribution in [-0.2, 0) is 4.79 Å². The molecule has 5 nitrogen and oxygen atoms in total. The number of hydrogen-bond donors (Lipinski definition) is 1. The van der Waals surface area contributed by atoms with Crippen molar-refractivity contribution in [1.29, 1.82) is 0 Å². The predicted octanol–water partition coefficient (Wildman–Crippen LogP) is 4.72. The molecule has 0 aliphatic rings. The molecule has 7 heteroatoms. The van der Waals surface area contributed by atoms with Gasteiger partial charge in [-0.05, 0) is 48.6 Å². The molecular weight excluding hydrogens is 366 g/mol. The van der Waals surface area contributed by atoms with Crippen LogP contribution in [0.3, 0.4) is 0 Å². The van der Waals surface area contributed by atoms with E-state index in [9.17, 15) is 4.79 Å². The Hall–Kier alpha value is -2.38. The number of hydrogen-bond acceptors (Lipinski definition) is 6. The van der Waals surface area contributed by atoms with E-state index in [1.807, 2.05) is 41.8 Å². The molecule has 0 aliphatic heterocycles. The van der Waals surface area contributed by atoms with Gasteiger partial charge in [-0.15, -0.1) is 23.1 Å². The zero-order chi connectivity index (χ0) is 18.2. The molecule has 1 aromatic carbocycles. The summed E-state index contributed by atoms with van der Waals surface area (Å²) in [5.41, 5.74) is 1.84. The van der Waals surface area contributed by atoms with Gasteiger partial charge in [0, 0.05) is 34.7 Å². The van der Waals surface area contributed by atoms with Gasteiger partial charge in [0.2, 0.25) is 5.91 Å². The summed E-state index contributed by atoms with van der Waals surface area (Å²) >= 11 is 3.17. The smallest absolute Gasteiger partial charge is 0.226 e. The standard InChI is InChI=1S/C19H19N3O2S2/c1-24-15-4-6-16(7-5-15)25-12-2-3-18(23)22-19-21-17(13-26-19)14-8-10-20-11-9-14/h4-11,13H,2-3,12H2,1H3,(H,21,22,23). The summed E-state index contributed by atoms with van der Waals surface area (Å²) in [5.74, 6) is 1.74. The summed E-state index contributed by atoms with van der Waals surface area (Å²) in [7, 11) is 1.66. The van der Waals surface area contributed by atoms with E-state index >= 15 is 0 Å². The van der Waals surface area contributed by atoms with Crippen LogP contribution in [0.25, 0.3) is 11.3 Å². The second-order valence-electron chi connectivity index (χ2n) is 5.45. The predicted molar refractivity (Wildman–Crippen MR) is 107 cm³/mol. The monoisotopic (exact) mass is 385 g/mol. The topological polar surface area (TPSA) is 64.1 Å². The first-order chi connectivity index (χ1) is 12.7. The molecule has 2 heterocycles. The van der Waals surface area contributed by atoms with Crippen LogP contribution in [0.15, 0.2) is 59.1 Å². The van der Waals surface area contributed by atoms with Crippen molar-refractivity contribution in [2.24, 2.45) is 0 Å². The summed E-state index contributed by atoms with van der Waals surface area (Å²) in [6.07, 6.45) is 4.75. The van der Waals surface area contributed by atoms with Gasteiger partial charge in [-0.2, -0.15) is 0 Å². The zero-order valence-corrected chi connectivity index (χ0v) is 16.0. The van der Waals surface area contributed by atoms with Crippen LogP contribution in [0.5, 0.6) is 5.75 Å². The second-order valence-corrected chi connectivity index (χ2v) is 7.48. The third kappa shape index (κ3) is 5.31. The molecule has 134 valence electrons. The third-order valence-corrected chi connectivity index (χ3v) is 5.46. The van der Waals surface area contributed by atoms with E-state index < -0.39 is 0 Å². The first-order valence-corrected chi connectivity index (χ1v) is 10.0. The highest BCUT2D eigenvalue weighted by molar-refractivity contribution is 7.99. The number of nitrogens with zero attached hydrogens (tertiary/aromatic N) is 2. The van der Waals surface area contributed by atoms with Gasteiger partial charge in [0.25, 0.3) is 0 Å². The van der Waals surface area contributed by atoms with Crippen molar-refractivity contribution in [1.82, 2.24) is 9.97 Å². The number of amides is 1. The summed E-state index contributed by atoms with van der Waals surface area (Å²) in [6.45, 7) is 0. The second kappa shape index (κ2) is 9.35. The molecule has 0 fully saturated rings. The van der Waals surface area contributed by atoms with Gasteiger partial charge in [0.1, 0.15) is 5.75 Å². The summed E-state index contributed by atoms with van der Waals surface area (Å²) in [4.78, 5) is 21.7. The van der Waals surface area contributed by atoms with Crippen LogP contribution < -0.4 is 10.1 Å². The van der Waals surface area contributed by atoms with Crippen molar-refractivity contribution < 1.29 is 9.53 Å². The van der Waals surface area contributed by atoms with E-state index in [-0.39, 0.29) is 5.91 Å². The first kappa shape index (κ1) is 18.4. The van der Waals surface area contributed by atoms with Crippen molar-refractivity contribution in [3.8, 4) is 17.0 Å². The zero-order valence-electron chi connectivity index (χ0n) is 14.3. The number of ether oxygens (including phenoxy) is 1. The maximum atomic E-state index is 12.1. The Balaban J connectivity index is 1.41. The number of aromatic nitrogens is 2. The SMILES string of the molecule is COc1ccc(SCCCC(=O)Nc2nc(-c3ccncc3)cs2)cc1. The van der Waals surface area contributed by atoms with E-state index in [0.29, 0.717) is 11.6 Å². The molecule has 26 heavy (non-hydrogen) atoms. The van der Waals surface area contributed by atoms with Crippen LogP contribution in [0.4, 0.5) is 5.13 Å². The molecule has 0 saturated heterocycles. The fourth-order valence-corrected chi connectivity index (χ4v) is 3.85. The van der Waals surface area contributed by atoms with Gasteiger partial charge in [-0.25, -0.2) is 4.98 Å². The fraction of sp³-hybridized carbons (Fsp3) is 0.211. The molecule has 1 amide bonds. The number of thiazole rings is 1. The van der Waals surface area contributed by atoms with Gasteiger partial charge >= 0.3 is 0 Å². The maximum Gasteiger partial charge on any atom is 0.226 e. The Bertz CT molecular complexity index is 836. The quantitative estimate of drug-likeness (QED) is 0.449. The summed E-state index contributed by atoms with van der Waals surface area (Å²) in [5, 5.41) is 5.44. The Labute approximate surface area is 160 Å². The van der Waals surface area contributed by atoms with Crippen LogP contribution in [0, 0.1) is 0 Å². The lowest BCUT2D eigenvalue weighted by Crippen LogP contribution is -2.11. The number of carbonyl (C=O) groups excluding carboxylic acids is 1. The summed E-state index contributed by atoms with van der Waals surface area (Å²) < 4.78 is 5.14. The number of thioether (sulfide) groups is 1. The van der Waals surface area contributed by atoms with E-state index in [4.69, 9.17) is 4.74 Å². The van der Waals surface area contributed by atoms with Crippen LogP contribution in [0.2, 0.25) is 0 Å². The van der Waals surface area contributed by atoms with E-state index in [2.05, 4.69) is 15.3 Å². The molecule has 3 rings (SSSR count). The minimum Gasteiger partial charge on any atom is -0.497 e. The van der Waals surface area contributed by atoms with Crippen LogP contribution >= 0.6 is 23.1 Å². The van der Waals surface area contributed by atoms with Crippen molar-refractivity contribution in [2.75, 3.05) is 18.2 Å². The average molecular weight is 386 g/mol. The molecule has 0 aliphatic carbocycles. The summed E-state index contributed by atoms with van der Waals surface area (Å²) in [6, 6.07) is 11.7. The highest BCUT2D eigenvalue weighted by Crippen LogP contribution is 2.25. The van der Waals surface area contributed by atoms with Gasteiger partial charge in [0.05, 0.1) is 12.8 Å². The normalized spacial score (nSPS) is 10.5. The van der Waals surface area contributed by atoms with Crippen LogP contribution in [-0.4, -0.2) is 28.7 Å². The number of carbonyl (C=O) groups is 1. The van der Waals surface area contributed by atoms with Crippen molar-refractivity contribution >= 4 is 34.1 Å².